The molecule has 3 aromatic carbocycles. The van der Waals surface area contributed by atoms with Crippen LogP contribution in [0.5, 0.6) is 5.75 Å². The molecular weight excluding hydrogens is 433 g/mol. The molecule has 1 heterocycles. The molecule has 174 valence electrons. The summed E-state index contributed by atoms with van der Waals surface area (Å²) < 4.78 is 21.0. The number of benzene rings is 3. The second-order valence-corrected chi connectivity index (χ2v) is 8.34. The van der Waals surface area contributed by atoms with Crippen LogP contribution in [0.25, 0.3) is 0 Å². The van der Waals surface area contributed by atoms with Gasteiger partial charge in [0.05, 0.1) is 29.8 Å². The summed E-state index contributed by atoms with van der Waals surface area (Å²) in [4.78, 5) is 11.3. The number of carboxylic acids is 1. The summed E-state index contributed by atoms with van der Waals surface area (Å²) in [5.74, 6) is -1.32. The maximum absolute atomic E-state index is 14.8. The van der Waals surface area contributed by atoms with Crippen molar-refractivity contribution >= 4 is 11.7 Å². The minimum atomic E-state index is -0.867. The second kappa shape index (κ2) is 10.4. The average molecular weight is 460 g/mol. The van der Waals surface area contributed by atoms with Crippen LogP contribution < -0.4 is 15.4 Å². The van der Waals surface area contributed by atoms with Gasteiger partial charge in [-0.15, -0.1) is 0 Å². The number of fused-ring (bicyclic) bond motifs is 1. The van der Waals surface area contributed by atoms with E-state index in [-0.39, 0.29) is 5.82 Å². The fourth-order valence-corrected chi connectivity index (χ4v) is 4.18. The number of carbonyl (C=O) groups is 1. The Morgan fingerprint density at radius 3 is 2.79 bits per heavy atom. The van der Waals surface area contributed by atoms with E-state index in [0.29, 0.717) is 36.4 Å². The molecule has 0 fully saturated rings. The van der Waals surface area contributed by atoms with Gasteiger partial charge in [0.1, 0.15) is 18.0 Å². The van der Waals surface area contributed by atoms with Crippen molar-refractivity contribution in [2.75, 3.05) is 18.4 Å². The first-order valence-corrected chi connectivity index (χ1v) is 11.2. The van der Waals surface area contributed by atoms with Gasteiger partial charge < -0.3 is 20.5 Å². The van der Waals surface area contributed by atoms with Crippen molar-refractivity contribution < 1.29 is 19.0 Å². The van der Waals surface area contributed by atoms with Gasteiger partial charge in [-0.3, -0.25) is 4.79 Å². The van der Waals surface area contributed by atoms with Crippen LogP contribution in [0.4, 0.5) is 10.1 Å². The first-order chi connectivity index (χ1) is 16.5. The van der Waals surface area contributed by atoms with Crippen molar-refractivity contribution in [2.45, 2.75) is 31.4 Å². The van der Waals surface area contributed by atoms with Gasteiger partial charge in [-0.2, -0.15) is 5.26 Å². The zero-order valence-electron chi connectivity index (χ0n) is 18.8. The summed E-state index contributed by atoms with van der Waals surface area (Å²) >= 11 is 0. The van der Waals surface area contributed by atoms with Crippen LogP contribution in [0.15, 0.2) is 66.7 Å². The largest absolute Gasteiger partial charge is 0.483 e. The molecule has 4 rings (SSSR count). The number of aliphatic carboxylic acids is 1. The number of para-hydroxylation sites is 1. The van der Waals surface area contributed by atoms with Crippen LogP contribution in [0.1, 0.15) is 41.1 Å². The molecule has 0 aliphatic carbocycles. The molecule has 7 heteroatoms. The Balaban J connectivity index is 1.53. The van der Waals surface area contributed by atoms with E-state index in [2.05, 4.69) is 16.7 Å². The Labute approximate surface area is 198 Å². The molecule has 0 saturated carbocycles. The summed E-state index contributed by atoms with van der Waals surface area (Å²) in [6.07, 6.45) is 0.183. The number of nitrogens with one attached hydrogen (secondary N) is 2. The lowest BCUT2D eigenvalue weighted by atomic mass is 9.97. The molecule has 3 aromatic rings. The van der Waals surface area contributed by atoms with E-state index in [1.54, 1.807) is 37.3 Å². The zero-order chi connectivity index (χ0) is 24.1. The molecule has 1 aliphatic rings. The van der Waals surface area contributed by atoms with Crippen LogP contribution in [-0.2, 0) is 11.2 Å². The fourth-order valence-electron chi connectivity index (χ4n) is 4.18. The van der Waals surface area contributed by atoms with E-state index in [0.717, 1.165) is 16.8 Å². The average Bonchev–Trinajstić information content (AvgIpc) is 2.86. The van der Waals surface area contributed by atoms with Gasteiger partial charge in [0.15, 0.2) is 5.75 Å². The number of nitrogens with zero attached hydrogens (tertiary/aromatic N) is 1. The van der Waals surface area contributed by atoms with E-state index in [9.17, 15) is 19.6 Å². The first-order valence-electron chi connectivity index (χ1n) is 11.2. The van der Waals surface area contributed by atoms with E-state index in [1.165, 1.54) is 6.07 Å². The summed E-state index contributed by atoms with van der Waals surface area (Å²) in [6, 6.07) is 21.1. The molecule has 34 heavy (non-hydrogen) atoms. The molecule has 1 aliphatic heterocycles. The Morgan fingerprint density at radius 2 is 2.03 bits per heavy atom. The van der Waals surface area contributed by atoms with Crippen molar-refractivity contribution in [3.63, 3.8) is 0 Å². The molecule has 0 radical (unpaired) electrons. The Hall–Kier alpha value is -3.89. The number of anilines is 1. The lowest BCUT2D eigenvalue weighted by molar-refractivity contribution is -0.138. The molecule has 3 N–H and O–H groups in total. The van der Waals surface area contributed by atoms with Gasteiger partial charge >= 0.3 is 5.97 Å². The number of hydrogen-bond acceptors (Lipinski definition) is 5. The lowest BCUT2D eigenvalue weighted by Gasteiger charge is -2.34. The highest BCUT2D eigenvalue weighted by Gasteiger charge is 2.31. The van der Waals surface area contributed by atoms with Crippen molar-refractivity contribution in [2.24, 2.45) is 0 Å². The Morgan fingerprint density at radius 1 is 1.24 bits per heavy atom. The van der Waals surface area contributed by atoms with E-state index in [1.807, 2.05) is 30.3 Å². The van der Waals surface area contributed by atoms with Crippen LogP contribution in [0, 0.1) is 17.1 Å². The number of ether oxygens (including phenoxy) is 1. The number of hydrogen-bond donors (Lipinski definition) is 3. The third-order valence-corrected chi connectivity index (χ3v) is 6.11. The second-order valence-electron chi connectivity index (χ2n) is 8.34. The number of halogens is 1. The normalized spacial score (nSPS) is 16.3. The molecule has 6 nitrogen and oxygen atoms in total. The minimum absolute atomic E-state index is 0.333. The Bertz CT molecular complexity index is 1220. The van der Waals surface area contributed by atoms with Crippen LogP contribution in [-0.4, -0.2) is 30.3 Å². The molecular formula is C27H26FN3O3. The van der Waals surface area contributed by atoms with Gasteiger partial charge in [0, 0.05) is 5.56 Å². The van der Waals surface area contributed by atoms with Gasteiger partial charge in [-0.1, -0.05) is 48.5 Å². The molecule has 0 amide bonds. The quantitative estimate of drug-likeness (QED) is 0.455. The zero-order valence-corrected chi connectivity index (χ0v) is 18.8. The first kappa shape index (κ1) is 23.3. The van der Waals surface area contributed by atoms with Crippen LogP contribution in [0.2, 0.25) is 0 Å². The van der Waals surface area contributed by atoms with Gasteiger partial charge in [0.25, 0.3) is 0 Å². The van der Waals surface area contributed by atoms with Gasteiger partial charge in [0.2, 0.25) is 0 Å². The topological polar surface area (TPSA) is 94.4 Å². The smallest absolute Gasteiger partial charge is 0.310 e. The Kier molecular flexibility index (Phi) is 7.09. The van der Waals surface area contributed by atoms with Crippen molar-refractivity contribution in [3.05, 3.63) is 94.8 Å². The highest BCUT2D eigenvalue weighted by molar-refractivity contribution is 5.75. The molecule has 0 bridgehead atoms. The number of carboxylic acid groups (broad SMARTS) is 1. The molecule has 0 spiro atoms. The monoisotopic (exact) mass is 459 g/mol. The highest BCUT2D eigenvalue weighted by Crippen LogP contribution is 2.36. The van der Waals surface area contributed by atoms with Crippen molar-refractivity contribution in [3.8, 4) is 11.8 Å². The fraction of sp³-hybridized carbons (Fsp3) is 0.259. The summed E-state index contributed by atoms with van der Waals surface area (Å²) in [5.41, 5.74) is 3.39. The predicted molar refractivity (Wildman–Crippen MR) is 127 cm³/mol. The van der Waals surface area contributed by atoms with E-state index < -0.39 is 24.0 Å². The third kappa shape index (κ3) is 5.03. The summed E-state index contributed by atoms with van der Waals surface area (Å²) in [7, 11) is 0. The molecule has 0 saturated heterocycles. The van der Waals surface area contributed by atoms with Crippen molar-refractivity contribution in [1.29, 1.82) is 5.26 Å². The van der Waals surface area contributed by atoms with Gasteiger partial charge in [-0.25, -0.2) is 4.39 Å². The van der Waals surface area contributed by atoms with E-state index >= 15 is 0 Å². The summed E-state index contributed by atoms with van der Waals surface area (Å²) in [5, 5.41) is 25.5. The summed E-state index contributed by atoms with van der Waals surface area (Å²) in [6.45, 7) is 2.63. The van der Waals surface area contributed by atoms with Crippen LogP contribution in [0.3, 0.4) is 0 Å². The number of nitriles is 1. The molecule has 0 unspecified atom stereocenters. The predicted octanol–water partition coefficient (Wildman–Crippen LogP) is 4.63. The molecule has 3 atom stereocenters. The van der Waals surface area contributed by atoms with Crippen molar-refractivity contribution in [1.82, 2.24) is 5.32 Å². The van der Waals surface area contributed by atoms with Gasteiger partial charge in [-0.05, 0) is 49.2 Å². The third-order valence-electron chi connectivity index (χ3n) is 6.11. The maximum Gasteiger partial charge on any atom is 0.310 e. The standard InChI is InChI=1S/C27H26FN3O3/c1-17(27(32)33)19-7-4-6-18(14-19)12-13-30-25(21-9-2-3-10-22(21)28)24-16-31-23-11-5-8-20(15-29)26(23)34-24/h2-11,14,17,24-25,30-31H,12-13,16H2,1H3,(H,32,33)/t17-,24+,25+/m0/s1. The maximum atomic E-state index is 14.8. The van der Waals surface area contributed by atoms with E-state index in [4.69, 9.17) is 4.74 Å². The lowest BCUT2D eigenvalue weighted by Crippen LogP contribution is -2.43. The molecule has 0 aromatic heterocycles. The van der Waals surface area contributed by atoms with Crippen LogP contribution >= 0.6 is 0 Å². The minimum Gasteiger partial charge on any atom is -0.483 e. The number of rotatable bonds is 8. The highest BCUT2D eigenvalue weighted by atomic mass is 19.1. The SMILES string of the molecule is C[C@H](C(=O)O)c1cccc(CCN[C@H](c2ccccc2F)[C@H]2CNc3cccc(C#N)c3O2)c1.